The Labute approximate surface area is 98.2 Å². The quantitative estimate of drug-likeness (QED) is 0.765. The van der Waals surface area contributed by atoms with E-state index in [1.165, 1.54) is 4.90 Å². The van der Waals surface area contributed by atoms with E-state index in [-0.39, 0.29) is 0 Å². The summed E-state index contributed by atoms with van der Waals surface area (Å²) in [7, 11) is 0. The van der Waals surface area contributed by atoms with Crippen molar-refractivity contribution in [2.45, 2.75) is 6.42 Å². The Morgan fingerprint density at radius 1 is 1.56 bits per heavy atom. The highest BCUT2D eigenvalue weighted by atomic mass is 35.5. The number of amides is 1. The summed E-state index contributed by atoms with van der Waals surface area (Å²) in [6, 6.07) is 3.73. The van der Waals surface area contributed by atoms with Crippen LogP contribution in [0, 0.1) is 0 Å². The number of aromatic nitrogens is 1. The zero-order valence-corrected chi connectivity index (χ0v) is 9.31. The zero-order valence-electron chi connectivity index (χ0n) is 8.56. The molecular formula is C11H11ClN2O2. The predicted molar refractivity (Wildman–Crippen MR) is 61.4 cm³/mol. The van der Waals surface area contributed by atoms with Crippen molar-refractivity contribution < 1.29 is 9.90 Å². The van der Waals surface area contributed by atoms with E-state index < -0.39 is 6.09 Å². The summed E-state index contributed by atoms with van der Waals surface area (Å²) in [6.07, 6.45) is 3.32. The SMILES string of the molecule is O=C(O)N1CC=C(c2cccnc2Cl)CC1. The summed E-state index contributed by atoms with van der Waals surface area (Å²) >= 11 is 5.97. The fourth-order valence-corrected chi connectivity index (χ4v) is 1.95. The van der Waals surface area contributed by atoms with Gasteiger partial charge in [0.25, 0.3) is 0 Å². The number of nitrogens with zero attached hydrogens (tertiary/aromatic N) is 2. The molecule has 1 aromatic rings. The molecule has 4 nitrogen and oxygen atoms in total. The van der Waals surface area contributed by atoms with Gasteiger partial charge in [-0.2, -0.15) is 0 Å². The minimum absolute atomic E-state index is 0.413. The average molecular weight is 239 g/mol. The van der Waals surface area contributed by atoms with Crippen LogP contribution in [0.3, 0.4) is 0 Å². The molecule has 0 unspecified atom stereocenters. The summed E-state index contributed by atoms with van der Waals surface area (Å²) in [5.41, 5.74) is 1.96. The Morgan fingerprint density at radius 2 is 2.38 bits per heavy atom. The van der Waals surface area contributed by atoms with Gasteiger partial charge in [0.15, 0.2) is 0 Å². The Kier molecular flexibility index (Phi) is 3.10. The maximum atomic E-state index is 10.7. The molecule has 0 spiro atoms. The number of hydrogen-bond acceptors (Lipinski definition) is 2. The predicted octanol–water partition coefficient (Wildman–Crippen LogP) is 2.50. The van der Waals surface area contributed by atoms with Gasteiger partial charge < -0.3 is 10.0 Å². The first-order chi connectivity index (χ1) is 7.68. The van der Waals surface area contributed by atoms with E-state index in [2.05, 4.69) is 4.98 Å². The maximum absolute atomic E-state index is 10.7. The highest BCUT2D eigenvalue weighted by Gasteiger charge is 2.17. The van der Waals surface area contributed by atoms with Gasteiger partial charge in [0, 0.05) is 24.8 Å². The topological polar surface area (TPSA) is 53.4 Å². The molecule has 1 aliphatic rings. The van der Waals surface area contributed by atoms with Crippen LogP contribution in [0.2, 0.25) is 5.15 Å². The molecule has 0 saturated carbocycles. The van der Waals surface area contributed by atoms with Gasteiger partial charge in [-0.05, 0) is 18.1 Å². The van der Waals surface area contributed by atoms with Crippen LogP contribution in [0.15, 0.2) is 24.4 Å². The van der Waals surface area contributed by atoms with Crippen LogP contribution in [0.4, 0.5) is 4.79 Å². The molecule has 84 valence electrons. The highest BCUT2D eigenvalue weighted by molar-refractivity contribution is 6.31. The van der Waals surface area contributed by atoms with Crippen LogP contribution < -0.4 is 0 Å². The van der Waals surface area contributed by atoms with Gasteiger partial charge in [0.05, 0.1) is 0 Å². The van der Waals surface area contributed by atoms with Crippen LogP contribution in [0.5, 0.6) is 0 Å². The fraction of sp³-hybridized carbons (Fsp3) is 0.273. The molecule has 0 atom stereocenters. The molecular weight excluding hydrogens is 228 g/mol. The Balaban J connectivity index is 2.19. The van der Waals surface area contributed by atoms with Crippen molar-refractivity contribution in [1.82, 2.24) is 9.88 Å². The van der Waals surface area contributed by atoms with Crippen LogP contribution in [-0.2, 0) is 0 Å². The number of halogens is 1. The molecule has 5 heteroatoms. The second-order valence-corrected chi connectivity index (χ2v) is 3.91. The lowest BCUT2D eigenvalue weighted by molar-refractivity contribution is 0.150. The number of pyridine rings is 1. The van der Waals surface area contributed by atoms with Gasteiger partial charge in [-0.25, -0.2) is 9.78 Å². The standard InChI is InChI=1S/C11H11ClN2O2/c12-10-9(2-1-5-13-10)8-3-6-14(7-4-8)11(15)16/h1-3,5H,4,6-7H2,(H,15,16). The Hall–Kier alpha value is -1.55. The Morgan fingerprint density at radius 3 is 2.94 bits per heavy atom. The van der Waals surface area contributed by atoms with Crippen molar-refractivity contribution in [3.8, 4) is 0 Å². The first-order valence-corrected chi connectivity index (χ1v) is 5.34. The van der Waals surface area contributed by atoms with Crippen LogP contribution in [0.25, 0.3) is 5.57 Å². The Bertz CT molecular complexity index is 445. The minimum atomic E-state index is -0.882. The van der Waals surface area contributed by atoms with Gasteiger partial charge in [0.1, 0.15) is 5.15 Å². The summed E-state index contributed by atoms with van der Waals surface area (Å²) in [5.74, 6) is 0. The molecule has 2 heterocycles. The number of carbonyl (C=O) groups is 1. The van der Waals surface area contributed by atoms with Crippen molar-refractivity contribution in [3.63, 3.8) is 0 Å². The monoisotopic (exact) mass is 238 g/mol. The molecule has 1 aliphatic heterocycles. The number of rotatable bonds is 1. The normalized spacial score (nSPS) is 15.8. The van der Waals surface area contributed by atoms with Crippen molar-refractivity contribution in [2.24, 2.45) is 0 Å². The lowest BCUT2D eigenvalue weighted by Crippen LogP contribution is -2.33. The van der Waals surface area contributed by atoms with Crippen molar-refractivity contribution in [1.29, 1.82) is 0 Å². The molecule has 0 radical (unpaired) electrons. The van der Waals surface area contributed by atoms with E-state index in [0.29, 0.717) is 24.7 Å². The van der Waals surface area contributed by atoms with E-state index >= 15 is 0 Å². The second-order valence-electron chi connectivity index (χ2n) is 3.55. The van der Waals surface area contributed by atoms with Crippen molar-refractivity contribution in [3.05, 3.63) is 35.1 Å². The molecule has 0 aromatic carbocycles. The van der Waals surface area contributed by atoms with Crippen LogP contribution in [-0.4, -0.2) is 34.2 Å². The molecule has 0 bridgehead atoms. The van der Waals surface area contributed by atoms with Crippen LogP contribution in [0.1, 0.15) is 12.0 Å². The molecule has 2 rings (SSSR count). The maximum Gasteiger partial charge on any atom is 0.407 e. The van der Waals surface area contributed by atoms with E-state index in [4.69, 9.17) is 16.7 Å². The summed E-state index contributed by atoms with van der Waals surface area (Å²) in [6.45, 7) is 0.919. The van der Waals surface area contributed by atoms with Crippen LogP contribution >= 0.6 is 11.6 Å². The van der Waals surface area contributed by atoms with Crippen molar-refractivity contribution in [2.75, 3.05) is 13.1 Å². The average Bonchev–Trinajstić information content (AvgIpc) is 2.30. The highest BCUT2D eigenvalue weighted by Crippen LogP contribution is 2.26. The van der Waals surface area contributed by atoms with Gasteiger partial charge >= 0.3 is 6.09 Å². The first kappa shape index (κ1) is 11.0. The second kappa shape index (κ2) is 4.53. The number of hydrogen-bond donors (Lipinski definition) is 1. The lowest BCUT2D eigenvalue weighted by Gasteiger charge is -2.23. The molecule has 1 amide bonds. The molecule has 0 saturated heterocycles. The zero-order chi connectivity index (χ0) is 11.5. The minimum Gasteiger partial charge on any atom is -0.465 e. The summed E-state index contributed by atoms with van der Waals surface area (Å²) in [4.78, 5) is 16.1. The van der Waals surface area contributed by atoms with E-state index in [1.807, 2.05) is 18.2 Å². The van der Waals surface area contributed by atoms with Gasteiger partial charge in [0.2, 0.25) is 0 Å². The molecule has 0 aliphatic carbocycles. The van der Waals surface area contributed by atoms with E-state index in [0.717, 1.165) is 11.1 Å². The molecule has 0 fully saturated rings. The molecule has 1 N–H and O–H groups in total. The summed E-state index contributed by atoms with van der Waals surface area (Å²) < 4.78 is 0. The van der Waals surface area contributed by atoms with Gasteiger partial charge in [-0.15, -0.1) is 0 Å². The smallest absolute Gasteiger partial charge is 0.407 e. The molecule has 1 aromatic heterocycles. The largest absolute Gasteiger partial charge is 0.465 e. The third kappa shape index (κ3) is 2.17. The van der Waals surface area contributed by atoms with Gasteiger partial charge in [-0.3, -0.25) is 0 Å². The third-order valence-electron chi connectivity index (χ3n) is 2.58. The third-order valence-corrected chi connectivity index (χ3v) is 2.89. The van der Waals surface area contributed by atoms with Crippen molar-refractivity contribution >= 4 is 23.3 Å². The summed E-state index contributed by atoms with van der Waals surface area (Å²) in [5, 5.41) is 9.28. The van der Waals surface area contributed by atoms with E-state index in [9.17, 15) is 4.79 Å². The van der Waals surface area contributed by atoms with Gasteiger partial charge in [-0.1, -0.05) is 23.7 Å². The molecule has 16 heavy (non-hydrogen) atoms. The first-order valence-electron chi connectivity index (χ1n) is 4.96. The fourth-order valence-electron chi connectivity index (χ4n) is 1.71. The number of carboxylic acid groups (broad SMARTS) is 1. The van der Waals surface area contributed by atoms with E-state index in [1.54, 1.807) is 6.20 Å². The lowest BCUT2D eigenvalue weighted by atomic mass is 10.0.